The molecule has 126 valence electrons. The van der Waals surface area contributed by atoms with E-state index in [9.17, 15) is 4.79 Å². The Morgan fingerprint density at radius 2 is 1.92 bits per heavy atom. The van der Waals surface area contributed by atoms with Gasteiger partial charge < -0.3 is 20.3 Å². The number of nitrogens with one attached hydrogen (secondary N) is 2. The minimum absolute atomic E-state index is 0.0626. The van der Waals surface area contributed by atoms with Gasteiger partial charge in [0.05, 0.1) is 7.11 Å². The molecule has 1 aliphatic rings. The van der Waals surface area contributed by atoms with E-state index in [0.29, 0.717) is 6.54 Å². The van der Waals surface area contributed by atoms with E-state index < -0.39 is 0 Å². The summed E-state index contributed by atoms with van der Waals surface area (Å²) < 4.78 is 5.41. The number of rotatable bonds is 4. The summed E-state index contributed by atoms with van der Waals surface area (Å²) in [5.41, 5.74) is 6.55. The lowest BCUT2D eigenvalue weighted by molar-refractivity contribution is 0.218. The Hall–Kier alpha value is -2.69. The average Bonchev–Trinajstić information content (AvgIpc) is 2.54. The van der Waals surface area contributed by atoms with E-state index >= 15 is 0 Å². The van der Waals surface area contributed by atoms with Gasteiger partial charge in [-0.2, -0.15) is 0 Å². The molecule has 2 aromatic carbocycles. The lowest BCUT2D eigenvalue weighted by Gasteiger charge is -2.26. The van der Waals surface area contributed by atoms with Gasteiger partial charge in [0, 0.05) is 31.5 Å². The van der Waals surface area contributed by atoms with E-state index in [1.807, 2.05) is 12.1 Å². The molecule has 0 spiro atoms. The molecule has 0 radical (unpaired) electrons. The zero-order valence-corrected chi connectivity index (χ0v) is 14.6. The van der Waals surface area contributed by atoms with Crippen LogP contribution in [0.5, 0.6) is 5.75 Å². The quantitative estimate of drug-likeness (QED) is 0.896. The van der Waals surface area contributed by atoms with Gasteiger partial charge in [-0.3, -0.25) is 0 Å². The summed E-state index contributed by atoms with van der Waals surface area (Å²) in [6.07, 6.45) is 0. The number of carbonyl (C=O) groups is 1. The molecule has 0 atom stereocenters. The average molecular weight is 325 g/mol. The zero-order valence-electron chi connectivity index (χ0n) is 14.6. The van der Waals surface area contributed by atoms with Crippen LogP contribution < -0.4 is 15.4 Å². The third-order valence-electron chi connectivity index (χ3n) is 4.32. The number of hydrogen-bond acceptors (Lipinski definition) is 3. The van der Waals surface area contributed by atoms with Crippen LogP contribution in [-0.4, -0.2) is 25.1 Å². The van der Waals surface area contributed by atoms with Crippen molar-refractivity contribution >= 4 is 17.4 Å². The Bertz CT molecular complexity index is 763. The number of urea groups is 1. The number of carbonyl (C=O) groups excluding carboxylic acids is 1. The molecule has 0 aromatic heterocycles. The molecule has 5 nitrogen and oxygen atoms in total. The Labute approximate surface area is 142 Å². The fourth-order valence-corrected chi connectivity index (χ4v) is 3.16. The first-order valence-electron chi connectivity index (χ1n) is 8.01. The predicted molar refractivity (Wildman–Crippen MR) is 96.7 cm³/mol. The monoisotopic (exact) mass is 325 g/mol. The van der Waals surface area contributed by atoms with Crippen molar-refractivity contribution in [3.63, 3.8) is 0 Å². The van der Waals surface area contributed by atoms with Gasteiger partial charge in [0.15, 0.2) is 0 Å². The van der Waals surface area contributed by atoms with E-state index in [1.165, 1.54) is 5.56 Å². The van der Waals surface area contributed by atoms with Crippen molar-refractivity contribution in [2.45, 2.75) is 26.9 Å². The third kappa shape index (κ3) is 3.15. The zero-order chi connectivity index (χ0) is 17.3. The second-order valence-electron chi connectivity index (χ2n) is 6.27. The molecular weight excluding hydrogens is 302 g/mol. The standard InChI is InChI=1S/C19H23N3O2/c1-12-7-14(8-13(2)18(12)24-4)10-20-16-5-6-17-15(9-16)11-22(3)19(23)21-17/h5-9,20H,10-11H2,1-4H3,(H,21,23). The Morgan fingerprint density at radius 1 is 1.21 bits per heavy atom. The molecule has 5 heteroatoms. The molecule has 2 amide bonds. The minimum Gasteiger partial charge on any atom is -0.496 e. The van der Waals surface area contributed by atoms with Crippen molar-refractivity contribution < 1.29 is 9.53 Å². The van der Waals surface area contributed by atoms with Crippen LogP contribution in [0.15, 0.2) is 30.3 Å². The highest BCUT2D eigenvalue weighted by atomic mass is 16.5. The number of fused-ring (bicyclic) bond motifs is 1. The van der Waals surface area contributed by atoms with Crippen molar-refractivity contribution in [1.82, 2.24) is 4.90 Å². The van der Waals surface area contributed by atoms with Crippen LogP contribution >= 0.6 is 0 Å². The highest BCUT2D eigenvalue weighted by Gasteiger charge is 2.19. The summed E-state index contributed by atoms with van der Waals surface area (Å²) in [4.78, 5) is 13.3. The summed E-state index contributed by atoms with van der Waals surface area (Å²) in [5.74, 6) is 0.950. The van der Waals surface area contributed by atoms with E-state index in [4.69, 9.17) is 4.74 Å². The number of methoxy groups -OCH3 is 1. The number of amides is 2. The molecule has 0 unspecified atom stereocenters. The summed E-state index contributed by atoms with van der Waals surface area (Å²) >= 11 is 0. The molecule has 0 bridgehead atoms. The maximum Gasteiger partial charge on any atom is 0.321 e. The summed E-state index contributed by atoms with van der Waals surface area (Å²) in [5, 5.41) is 6.34. The predicted octanol–water partition coefficient (Wildman–Crippen LogP) is 3.90. The van der Waals surface area contributed by atoms with E-state index in [2.05, 4.69) is 42.7 Å². The number of benzene rings is 2. The van der Waals surface area contributed by atoms with Crippen molar-refractivity contribution in [3.8, 4) is 5.75 Å². The first kappa shape index (κ1) is 16.2. The van der Waals surface area contributed by atoms with Gasteiger partial charge in [-0.1, -0.05) is 12.1 Å². The van der Waals surface area contributed by atoms with Gasteiger partial charge in [0.1, 0.15) is 5.75 Å². The molecule has 0 saturated carbocycles. The highest BCUT2D eigenvalue weighted by molar-refractivity contribution is 5.92. The number of hydrogen-bond donors (Lipinski definition) is 2. The smallest absolute Gasteiger partial charge is 0.321 e. The first-order valence-corrected chi connectivity index (χ1v) is 8.01. The van der Waals surface area contributed by atoms with Gasteiger partial charge in [0.25, 0.3) is 0 Å². The first-order chi connectivity index (χ1) is 11.5. The number of anilines is 2. The van der Waals surface area contributed by atoms with Gasteiger partial charge in [0.2, 0.25) is 0 Å². The number of ether oxygens (including phenoxy) is 1. The van der Waals surface area contributed by atoms with Crippen molar-refractivity contribution in [2.24, 2.45) is 0 Å². The van der Waals surface area contributed by atoms with Gasteiger partial charge in [-0.25, -0.2) is 4.79 Å². The number of aryl methyl sites for hydroxylation is 2. The summed E-state index contributed by atoms with van der Waals surface area (Å²) in [7, 11) is 3.50. The Morgan fingerprint density at radius 3 is 2.58 bits per heavy atom. The lowest BCUT2D eigenvalue weighted by atomic mass is 10.1. The SMILES string of the molecule is COc1c(C)cc(CNc2ccc3c(c2)CN(C)C(=O)N3)cc1C. The Balaban J connectivity index is 1.74. The lowest BCUT2D eigenvalue weighted by Crippen LogP contribution is -2.35. The van der Waals surface area contributed by atoms with Gasteiger partial charge in [-0.05, 0) is 54.3 Å². The molecular formula is C19H23N3O2. The van der Waals surface area contributed by atoms with Crippen LogP contribution in [0, 0.1) is 13.8 Å². The maximum atomic E-state index is 11.7. The second-order valence-corrected chi connectivity index (χ2v) is 6.27. The van der Waals surface area contributed by atoms with E-state index in [-0.39, 0.29) is 6.03 Å². The summed E-state index contributed by atoms with van der Waals surface area (Å²) in [6.45, 7) is 5.49. The topological polar surface area (TPSA) is 53.6 Å². The van der Waals surface area contributed by atoms with Crippen molar-refractivity contribution in [3.05, 3.63) is 52.6 Å². The largest absolute Gasteiger partial charge is 0.496 e. The molecule has 3 rings (SSSR count). The van der Waals surface area contributed by atoms with Crippen LogP contribution in [-0.2, 0) is 13.1 Å². The highest BCUT2D eigenvalue weighted by Crippen LogP contribution is 2.27. The molecule has 2 N–H and O–H groups in total. The normalized spacial score (nSPS) is 13.3. The van der Waals surface area contributed by atoms with Gasteiger partial charge in [-0.15, -0.1) is 0 Å². The summed E-state index contributed by atoms with van der Waals surface area (Å²) in [6, 6.07) is 10.3. The van der Waals surface area contributed by atoms with Crippen LogP contribution in [0.25, 0.3) is 0 Å². The maximum absolute atomic E-state index is 11.7. The van der Waals surface area contributed by atoms with Crippen LogP contribution in [0.1, 0.15) is 22.3 Å². The molecule has 0 fully saturated rings. The molecule has 0 saturated heterocycles. The fourth-order valence-electron chi connectivity index (χ4n) is 3.16. The van der Waals surface area contributed by atoms with E-state index in [0.717, 1.165) is 40.4 Å². The Kier molecular flexibility index (Phi) is 4.34. The van der Waals surface area contributed by atoms with Crippen molar-refractivity contribution in [1.29, 1.82) is 0 Å². The van der Waals surface area contributed by atoms with Crippen LogP contribution in [0.4, 0.5) is 16.2 Å². The second kappa shape index (κ2) is 6.43. The minimum atomic E-state index is -0.0626. The molecule has 2 aromatic rings. The molecule has 24 heavy (non-hydrogen) atoms. The van der Waals surface area contributed by atoms with E-state index in [1.54, 1.807) is 19.1 Å². The third-order valence-corrected chi connectivity index (χ3v) is 4.32. The molecule has 1 aliphatic heterocycles. The van der Waals surface area contributed by atoms with Crippen molar-refractivity contribution in [2.75, 3.05) is 24.8 Å². The molecule has 0 aliphatic carbocycles. The molecule has 1 heterocycles. The van der Waals surface area contributed by atoms with Gasteiger partial charge >= 0.3 is 6.03 Å². The van der Waals surface area contributed by atoms with Crippen LogP contribution in [0.2, 0.25) is 0 Å². The fraction of sp³-hybridized carbons (Fsp3) is 0.316. The number of nitrogens with zero attached hydrogens (tertiary/aromatic N) is 1. The van der Waals surface area contributed by atoms with Crippen LogP contribution in [0.3, 0.4) is 0 Å².